The maximum atomic E-state index is 13.1. The number of carbonyl (C=O) groups is 1. The predicted molar refractivity (Wildman–Crippen MR) is 143 cm³/mol. The van der Waals surface area contributed by atoms with Crippen molar-refractivity contribution in [2.75, 3.05) is 5.75 Å². The summed E-state index contributed by atoms with van der Waals surface area (Å²) in [6, 6.07) is -0.718. The number of oxazole rings is 7. The van der Waals surface area contributed by atoms with Gasteiger partial charge in [0.15, 0.2) is 39.9 Å². The quantitative estimate of drug-likeness (QED) is 0.239. The summed E-state index contributed by atoms with van der Waals surface area (Å²) < 4.78 is 39.6. The zero-order chi connectivity index (χ0) is 29.2. The third kappa shape index (κ3) is 4.16. The fraction of sp³-hybridized carbons (Fsp3) is 0.154. The fourth-order valence-corrected chi connectivity index (χ4v) is 4.57. The molecule has 8 heterocycles. The SMILES string of the molecule is Cc1oc2nc1-c1nc(co1)-c1nc(co1)-c1nc(co1)-c1nc(co1)-c1nc(co1)C(=O)N[C@H](CS)c1nc-2c(C)o1. The van der Waals surface area contributed by atoms with E-state index < -0.39 is 11.9 Å². The Labute approximate surface area is 244 Å². The standard InChI is InChI=1S/C26H16N8O8S/c1-9-17-25-32-15(7-40-25)23-31-14(6-39-23)22-30-13(5-38-22)21-29-12(4-37-21)20-28-11(3-36-20)19(35)27-16(8-43)24-33-18(10(2)41-24)26(34-17)42-9/h3-7,16,43H,8H2,1-2H3,(H,27,35)/t16-/m1/s1. The normalized spacial score (nSPS) is 14.5. The number of hydrogen-bond acceptors (Lipinski definition) is 16. The van der Waals surface area contributed by atoms with Gasteiger partial charge in [0, 0.05) is 5.75 Å². The van der Waals surface area contributed by atoms with Gasteiger partial charge < -0.3 is 36.2 Å². The molecule has 1 atom stereocenters. The van der Waals surface area contributed by atoms with Crippen LogP contribution in [0.25, 0.3) is 69.5 Å². The third-order valence-electron chi connectivity index (χ3n) is 6.43. The van der Waals surface area contributed by atoms with Crippen LogP contribution in [0.3, 0.4) is 0 Å². The number of aryl methyl sites for hydroxylation is 2. The highest BCUT2D eigenvalue weighted by molar-refractivity contribution is 7.80. The minimum Gasteiger partial charge on any atom is -0.443 e. The van der Waals surface area contributed by atoms with E-state index in [0.717, 1.165) is 0 Å². The molecule has 0 fully saturated rings. The van der Waals surface area contributed by atoms with Gasteiger partial charge in [-0.05, 0) is 13.8 Å². The zero-order valence-corrected chi connectivity index (χ0v) is 22.9. The molecule has 0 aliphatic carbocycles. The zero-order valence-electron chi connectivity index (χ0n) is 22.0. The lowest BCUT2D eigenvalue weighted by Gasteiger charge is -2.11. The first-order valence-corrected chi connectivity index (χ1v) is 13.2. The number of amides is 1. The van der Waals surface area contributed by atoms with Crippen molar-refractivity contribution in [1.82, 2.24) is 40.2 Å². The Bertz CT molecular complexity index is 2140. The van der Waals surface area contributed by atoms with E-state index in [0.29, 0.717) is 34.3 Å². The molecule has 0 radical (unpaired) electrons. The molecule has 43 heavy (non-hydrogen) atoms. The molecule has 1 amide bonds. The molecule has 0 aromatic carbocycles. The fourth-order valence-electron chi connectivity index (χ4n) is 4.32. The summed E-state index contributed by atoms with van der Waals surface area (Å²) in [5.41, 5.74) is 1.79. The van der Waals surface area contributed by atoms with Gasteiger partial charge in [-0.25, -0.2) is 34.9 Å². The van der Waals surface area contributed by atoms with Crippen LogP contribution in [0.5, 0.6) is 0 Å². The van der Waals surface area contributed by atoms with E-state index in [2.05, 4.69) is 52.8 Å². The largest absolute Gasteiger partial charge is 0.443 e. The minimum absolute atomic E-state index is 0.00636. The Balaban J connectivity index is 1.24. The number of hydrogen-bond donors (Lipinski definition) is 2. The predicted octanol–water partition coefficient (Wildman–Crippen LogP) is 4.94. The number of rotatable bonds is 1. The van der Waals surface area contributed by atoms with E-state index in [-0.39, 0.29) is 64.1 Å². The van der Waals surface area contributed by atoms with E-state index in [9.17, 15) is 4.79 Å². The Kier molecular flexibility index (Phi) is 5.48. The first kappa shape index (κ1) is 25.0. The average molecular weight is 601 g/mol. The minimum atomic E-state index is -0.718. The second-order valence-corrected chi connectivity index (χ2v) is 9.64. The highest BCUT2D eigenvalue weighted by Crippen LogP contribution is 2.33. The molecule has 7 aromatic rings. The van der Waals surface area contributed by atoms with Crippen LogP contribution in [0.4, 0.5) is 0 Å². The first-order valence-electron chi connectivity index (χ1n) is 12.6. The van der Waals surface area contributed by atoms with Crippen LogP contribution in [0.2, 0.25) is 0 Å². The highest BCUT2D eigenvalue weighted by Gasteiger charge is 2.28. The van der Waals surface area contributed by atoms with Crippen molar-refractivity contribution in [3.8, 4) is 69.5 Å². The molecular weight excluding hydrogens is 584 g/mol. The summed E-state index contributed by atoms with van der Waals surface area (Å²) in [7, 11) is 0. The second kappa shape index (κ2) is 9.41. The smallest absolute Gasteiger partial charge is 0.273 e. The van der Waals surface area contributed by atoms with Gasteiger partial charge in [-0.3, -0.25) is 4.79 Å². The number of carbonyl (C=O) groups excluding carboxylic acids is 1. The molecule has 214 valence electrons. The number of nitrogens with one attached hydrogen (secondary N) is 1. The molecule has 7 aromatic heterocycles. The van der Waals surface area contributed by atoms with Crippen molar-refractivity contribution in [1.29, 1.82) is 0 Å². The molecule has 0 spiro atoms. The van der Waals surface area contributed by atoms with Crippen LogP contribution in [0, 0.1) is 13.8 Å². The summed E-state index contributed by atoms with van der Waals surface area (Å²) in [4.78, 5) is 44.0. The number of thiol groups is 1. The highest BCUT2D eigenvalue weighted by atomic mass is 32.1. The topological polar surface area (TPSA) is 211 Å². The lowest BCUT2D eigenvalue weighted by Crippen LogP contribution is -2.30. The number of aromatic nitrogens is 7. The molecule has 1 aliphatic rings. The van der Waals surface area contributed by atoms with Crippen LogP contribution in [-0.4, -0.2) is 46.5 Å². The van der Waals surface area contributed by atoms with Gasteiger partial charge >= 0.3 is 0 Å². The van der Waals surface area contributed by atoms with Crippen molar-refractivity contribution in [2.45, 2.75) is 19.9 Å². The van der Waals surface area contributed by atoms with Crippen LogP contribution in [0.15, 0.2) is 62.2 Å². The van der Waals surface area contributed by atoms with E-state index in [4.69, 9.17) is 30.9 Å². The molecule has 1 N–H and O–H groups in total. The Morgan fingerprint density at radius 3 is 1.60 bits per heavy atom. The van der Waals surface area contributed by atoms with Gasteiger partial charge in [0.1, 0.15) is 48.9 Å². The van der Waals surface area contributed by atoms with E-state index in [1.54, 1.807) is 13.8 Å². The molecule has 0 unspecified atom stereocenters. The molecule has 0 saturated carbocycles. The van der Waals surface area contributed by atoms with Crippen LogP contribution >= 0.6 is 12.6 Å². The monoisotopic (exact) mass is 600 g/mol. The van der Waals surface area contributed by atoms with Crippen LogP contribution in [0.1, 0.15) is 33.9 Å². The van der Waals surface area contributed by atoms with Crippen molar-refractivity contribution >= 4 is 18.5 Å². The van der Waals surface area contributed by atoms with Crippen molar-refractivity contribution in [2.24, 2.45) is 0 Å². The molecular formula is C26H16N8O8S. The van der Waals surface area contributed by atoms with Gasteiger partial charge in [-0.15, -0.1) is 0 Å². The van der Waals surface area contributed by atoms with E-state index >= 15 is 0 Å². The number of nitrogens with zero attached hydrogens (tertiary/aromatic N) is 7. The lowest BCUT2D eigenvalue weighted by atomic mass is 10.3. The summed E-state index contributed by atoms with van der Waals surface area (Å²) in [6.45, 7) is 3.41. The molecule has 8 rings (SSSR count). The average Bonchev–Trinajstić information content (AvgIpc) is 3.83. The molecule has 16 nitrogen and oxygen atoms in total. The van der Waals surface area contributed by atoms with Crippen LogP contribution in [-0.2, 0) is 0 Å². The van der Waals surface area contributed by atoms with Crippen molar-refractivity contribution in [3.63, 3.8) is 0 Å². The van der Waals surface area contributed by atoms with Gasteiger partial charge in [-0.1, -0.05) is 0 Å². The maximum Gasteiger partial charge on any atom is 0.273 e. The van der Waals surface area contributed by atoms with E-state index in [1.165, 1.54) is 31.3 Å². The summed E-state index contributed by atoms with van der Waals surface area (Å²) in [5, 5.41) is 2.80. The first-order chi connectivity index (χ1) is 20.9. The molecule has 14 bridgehead atoms. The Morgan fingerprint density at radius 2 is 1.05 bits per heavy atom. The van der Waals surface area contributed by atoms with Gasteiger partial charge in [0.2, 0.25) is 41.2 Å². The molecule has 1 aliphatic heterocycles. The maximum absolute atomic E-state index is 13.1. The molecule has 0 saturated heterocycles. The van der Waals surface area contributed by atoms with Gasteiger partial charge in [0.25, 0.3) is 5.91 Å². The Hall–Kier alpha value is -5.71. The Morgan fingerprint density at radius 1 is 0.605 bits per heavy atom. The lowest BCUT2D eigenvalue weighted by molar-refractivity contribution is 0.0929. The summed E-state index contributed by atoms with van der Waals surface area (Å²) >= 11 is 4.37. The summed E-state index contributed by atoms with van der Waals surface area (Å²) in [6.07, 6.45) is 6.61. The molecule has 17 heteroatoms. The summed E-state index contributed by atoms with van der Waals surface area (Å²) in [5.74, 6) is 1.48. The van der Waals surface area contributed by atoms with Gasteiger partial charge in [0.05, 0.1) is 0 Å². The van der Waals surface area contributed by atoms with E-state index in [1.807, 2.05) is 0 Å². The van der Waals surface area contributed by atoms with Gasteiger partial charge in [-0.2, -0.15) is 12.6 Å². The third-order valence-corrected chi connectivity index (χ3v) is 6.80. The second-order valence-electron chi connectivity index (χ2n) is 9.28. The van der Waals surface area contributed by atoms with Crippen molar-refractivity contribution in [3.05, 3.63) is 54.4 Å². The van der Waals surface area contributed by atoms with Crippen molar-refractivity contribution < 1.29 is 35.7 Å². The van der Waals surface area contributed by atoms with Crippen LogP contribution < -0.4 is 5.32 Å². The number of fused-ring (bicyclic) bond motifs is 20.